The van der Waals surface area contributed by atoms with Gasteiger partial charge >= 0.3 is 0 Å². The predicted octanol–water partition coefficient (Wildman–Crippen LogP) is 0.340. The van der Waals surface area contributed by atoms with Crippen LogP contribution in [0.3, 0.4) is 0 Å². The van der Waals surface area contributed by atoms with Crippen molar-refractivity contribution in [1.29, 1.82) is 0 Å². The minimum absolute atomic E-state index is 0.0146. The number of carbonyl (C=O) groups is 1. The van der Waals surface area contributed by atoms with Gasteiger partial charge in [-0.15, -0.1) is 0 Å². The Morgan fingerprint density at radius 2 is 1.88 bits per heavy atom. The third kappa shape index (κ3) is 2.69. The number of carboxylic acid groups (broad SMARTS) is 1. The molecule has 0 bridgehead atoms. The third-order valence-corrected chi connectivity index (χ3v) is 2.00. The highest BCUT2D eigenvalue weighted by Crippen LogP contribution is 2.27. The third-order valence-electron chi connectivity index (χ3n) is 2.00. The zero-order valence-corrected chi connectivity index (χ0v) is 8.85. The van der Waals surface area contributed by atoms with Crippen LogP contribution in [0.2, 0.25) is 0 Å². The summed E-state index contributed by atoms with van der Waals surface area (Å²) < 4.78 is 4.88. The Kier molecular flexibility index (Phi) is 3.44. The van der Waals surface area contributed by atoms with Crippen molar-refractivity contribution in [3.63, 3.8) is 0 Å². The number of hydrogen-bond acceptors (Lipinski definition) is 5. The average molecular weight is 224 g/mol. The molecule has 6 heteroatoms. The number of carboxylic acids is 1. The van der Waals surface area contributed by atoms with Gasteiger partial charge in [0, 0.05) is 11.1 Å². The molecule has 0 N–H and O–H groups in total. The predicted molar refractivity (Wildman–Crippen MR) is 53.1 cm³/mol. The first-order chi connectivity index (χ1) is 7.41. The van der Waals surface area contributed by atoms with Gasteiger partial charge in [-0.3, -0.25) is 10.1 Å². The highest BCUT2D eigenvalue weighted by Gasteiger charge is 2.15. The van der Waals surface area contributed by atoms with Crippen molar-refractivity contribution in [3.8, 4) is 5.75 Å². The van der Waals surface area contributed by atoms with E-state index in [0.29, 0.717) is 11.1 Å². The molecule has 0 aliphatic carbocycles. The lowest BCUT2D eigenvalue weighted by Gasteiger charge is -2.09. The van der Waals surface area contributed by atoms with E-state index in [9.17, 15) is 20.0 Å². The second kappa shape index (κ2) is 4.61. The summed E-state index contributed by atoms with van der Waals surface area (Å²) in [6.45, 7) is 2.56. The minimum Gasteiger partial charge on any atom is -0.546 e. The number of nitrogens with zero attached hydrogens (tertiary/aromatic N) is 1. The molecule has 0 saturated heterocycles. The Morgan fingerprint density at radius 3 is 2.25 bits per heavy atom. The molecule has 0 aromatic heterocycles. The zero-order chi connectivity index (χ0) is 12.3. The fraction of sp³-hybridized carbons (Fsp3) is 0.300. The second-order valence-corrected chi connectivity index (χ2v) is 3.32. The zero-order valence-electron chi connectivity index (χ0n) is 8.85. The molecular formula is C10H10NO5-. The summed E-state index contributed by atoms with van der Waals surface area (Å²) in [5, 5.41) is 20.9. The Labute approximate surface area is 91.6 Å². The van der Waals surface area contributed by atoms with E-state index in [-0.39, 0.29) is 11.4 Å². The number of nitro benzene ring substituents is 1. The molecule has 0 atom stereocenters. The molecule has 0 unspecified atom stereocenters. The molecule has 0 spiro atoms. The fourth-order valence-electron chi connectivity index (χ4n) is 1.43. The number of ether oxygens (including phenoxy) is 1. The molecule has 0 heterocycles. The van der Waals surface area contributed by atoms with Crippen molar-refractivity contribution in [2.24, 2.45) is 0 Å². The molecule has 1 aromatic carbocycles. The Balaban J connectivity index is 3.00. The van der Waals surface area contributed by atoms with Crippen molar-refractivity contribution in [1.82, 2.24) is 0 Å². The summed E-state index contributed by atoms with van der Waals surface area (Å²) in [4.78, 5) is 20.4. The van der Waals surface area contributed by atoms with Gasteiger partial charge in [-0.2, -0.15) is 0 Å². The molecule has 0 aliphatic rings. The molecule has 0 amide bonds. The van der Waals surface area contributed by atoms with Crippen molar-refractivity contribution >= 4 is 11.7 Å². The Bertz CT molecular complexity index is 418. The van der Waals surface area contributed by atoms with Gasteiger partial charge in [-0.1, -0.05) is 0 Å². The largest absolute Gasteiger partial charge is 0.546 e. The normalized spacial score (nSPS) is 9.88. The molecule has 16 heavy (non-hydrogen) atoms. The van der Waals surface area contributed by atoms with E-state index in [1.165, 1.54) is 12.1 Å². The van der Waals surface area contributed by atoms with E-state index < -0.39 is 17.5 Å². The number of aliphatic carboxylic acids is 1. The van der Waals surface area contributed by atoms with Gasteiger partial charge in [-0.05, 0) is 26.0 Å². The highest BCUT2D eigenvalue weighted by molar-refractivity contribution is 5.66. The van der Waals surface area contributed by atoms with Crippen LogP contribution in [-0.4, -0.2) is 17.5 Å². The summed E-state index contributed by atoms with van der Waals surface area (Å²) in [5.41, 5.74) is 0.873. The summed E-state index contributed by atoms with van der Waals surface area (Å²) in [7, 11) is 0. The van der Waals surface area contributed by atoms with Gasteiger partial charge in [0.1, 0.15) is 12.4 Å². The SMILES string of the molecule is Cc1cc(OCC(=O)[O-])cc(C)c1[N+](=O)[O-]. The number of hydrogen-bond donors (Lipinski definition) is 0. The summed E-state index contributed by atoms with van der Waals surface area (Å²) in [6, 6.07) is 2.85. The van der Waals surface area contributed by atoms with Gasteiger partial charge in [0.05, 0.1) is 10.9 Å². The van der Waals surface area contributed by atoms with Gasteiger partial charge in [0.15, 0.2) is 0 Å². The van der Waals surface area contributed by atoms with Crippen LogP contribution in [-0.2, 0) is 4.79 Å². The van der Waals surface area contributed by atoms with E-state index in [1.807, 2.05) is 0 Å². The first-order valence-corrected chi connectivity index (χ1v) is 4.50. The minimum atomic E-state index is -1.34. The molecule has 86 valence electrons. The maximum Gasteiger partial charge on any atom is 0.275 e. The van der Waals surface area contributed by atoms with Crippen LogP contribution in [0.15, 0.2) is 12.1 Å². The van der Waals surface area contributed by atoms with Crippen LogP contribution in [0, 0.1) is 24.0 Å². The fourth-order valence-corrected chi connectivity index (χ4v) is 1.43. The molecule has 0 aliphatic heterocycles. The maximum atomic E-state index is 10.7. The first-order valence-electron chi connectivity index (χ1n) is 4.50. The molecule has 1 aromatic rings. The number of aryl methyl sites for hydroxylation is 2. The molecular weight excluding hydrogens is 214 g/mol. The van der Waals surface area contributed by atoms with Gasteiger partial charge < -0.3 is 14.6 Å². The van der Waals surface area contributed by atoms with Crippen LogP contribution in [0.25, 0.3) is 0 Å². The van der Waals surface area contributed by atoms with E-state index in [4.69, 9.17) is 4.74 Å². The lowest BCUT2D eigenvalue weighted by molar-refractivity contribution is -0.386. The first kappa shape index (κ1) is 12.0. The molecule has 0 saturated carbocycles. The smallest absolute Gasteiger partial charge is 0.275 e. The average Bonchev–Trinajstić information content (AvgIpc) is 2.12. The van der Waals surface area contributed by atoms with Gasteiger partial charge in [0.2, 0.25) is 0 Å². The van der Waals surface area contributed by atoms with Gasteiger partial charge in [-0.25, -0.2) is 0 Å². The van der Waals surface area contributed by atoms with E-state index >= 15 is 0 Å². The standard InChI is InChI=1S/C10H11NO5/c1-6-3-8(16-5-9(12)13)4-7(2)10(6)11(14)15/h3-4H,5H2,1-2H3,(H,12,13)/p-1. The van der Waals surface area contributed by atoms with Crippen molar-refractivity contribution in [3.05, 3.63) is 33.4 Å². The highest BCUT2D eigenvalue weighted by atomic mass is 16.6. The lowest BCUT2D eigenvalue weighted by Crippen LogP contribution is -2.28. The summed E-state index contributed by atoms with van der Waals surface area (Å²) in [6.07, 6.45) is 0. The Morgan fingerprint density at radius 1 is 1.38 bits per heavy atom. The quantitative estimate of drug-likeness (QED) is 0.543. The van der Waals surface area contributed by atoms with Crippen LogP contribution in [0.5, 0.6) is 5.75 Å². The van der Waals surface area contributed by atoms with Crippen LogP contribution in [0.1, 0.15) is 11.1 Å². The van der Waals surface area contributed by atoms with Gasteiger partial charge in [0.25, 0.3) is 5.69 Å². The Hall–Kier alpha value is -2.11. The summed E-state index contributed by atoms with van der Waals surface area (Å²) >= 11 is 0. The van der Waals surface area contributed by atoms with Crippen molar-refractivity contribution < 1.29 is 19.6 Å². The molecule has 0 radical (unpaired) electrons. The monoisotopic (exact) mass is 224 g/mol. The number of nitro groups is 1. The number of benzene rings is 1. The molecule has 0 fully saturated rings. The van der Waals surface area contributed by atoms with Crippen LogP contribution in [0.4, 0.5) is 5.69 Å². The van der Waals surface area contributed by atoms with E-state index in [1.54, 1.807) is 13.8 Å². The van der Waals surface area contributed by atoms with Crippen molar-refractivity contribution in [2.45, 2.75) is 13.8 Å². The maximum absolute atomic E-state index is 10.7. The van der Waals surface area contributed by atoms with Crippen molar-refractivity contribution in [2.75, 3.05) is 6.61 Å². The topological polar surface area (TPSA) is 92.5 Å². The van der Waals surface area contributed by atoms with E-state index in [0.717, 1.165) is 0 Å². The van der Waals surface area contributed by atoms with Crippen LogP contribution >= 0.6 is 0 Å². The number of rotatable bonds is 4. The molecule has 6 nitrogen and oxygen atoms in total. The molecule has 1 rings (SSSR count). The van der Waals surface area contributed by atoms with E-state index in [2.05, 4.69) is 0 Å². The summed E-state index contributed by atoms with van der Waals surface area (Å²) in [5.74, 6) is -1.06. The van der Waals surface area contributed by atoms with Crippen LogP contribution < -0.4 is 9.84 Å². The number of carbonyl (C=O) groups excluding carboxylic acids is 1. The lowest BCUT2D eigenvalue weighted by atomic mass is 10.1. The second-order valence-electron chi connectivity index (χ2n) is 3.32.